The van der Waals surface area contributed by atoms with Crippen molar-refractivity contribution in [3.8, 4) is 0 Å². The van der Waals surface area contributed by atoms with Gasteiger partial charge < -0.3 is 10.6 Å². The minimum atomic E-state index is 0.460. The first-order valence-corrected chi connectivity index (χ1v) is 6.60. The number of halogens is 1. The van der Waals surface area contributed by atoms with Crippen molar-refractivity contribution < 1.29 is 0 Å². The Morgan fingerprint density at radius 3 is 2.74 bits per heavy atom. The minimum Gasteiger partial charge on any atom is -0.362 e. The van der Waals surface area contributed by atoms with Crippen LogP contribution >= 0.6 is 23.8 Å². The zero-order valence-electron chi connectivity index (χ0n) is 10.1. The molecule has 0 saturated heterocycles. The van der Waals surface area contributed by atoms with Gasteiger partial charge in [0.25, 0.3) is 0 Å². The van der Waals surface area contributed by atoms with Gasteiger partial charge in [0.05, 0.1) is 11.2 Å². The quantitative estimate of drug-likeness (QED) is 0.849. The fraction of sp³-hybridized carbons (Fsp3) is 0.154. The molecule has 0 bridgehead atoms. The van der Waals surface area contributed by atoms with E-state index in [2.05, 4.69) is 33.0 Å². The third-order valence-electron chi connectivity index (χ3n) is 2.45. The molecule has 0 radical (unpaired) electrons. The van der Waals surface area contributed by atoms with Crippen molar-refractivity contribution >= 4 is 34.7 Å². The number of nitrogens with one attached hydrogen (secondary N) is 2. The van der Waals surface area contributed by atoms with E-state index in [1.807, 2.05) is 18.2 Å². The number of thiocarbonyl (C=S) groups is 1. The van der Waals surface area contributed by atoms with Gasteiger partial charge in [0, 0.05) is 6.54 Å². The highest BCUT2D eigenvalue weighted by molar-refractivity contribution is 7.80. The third kappa shape index (κ3) is 4.46. The smallest absolute Gasteiger partial charge is 0.173 e. The number of nitrogens with zero attached hydrogens (tertiary/aromatic N) is 2. The molecule has 0 spiro atoms. The van der Waals surface area contributed by atoms with Crippen LogP contribution in [0.3, 0.4) is 0 Å². The van der Waals surface area contributed by atoms with Crippen LogP contribution in [-0.2, 0) is 6.42 Å². The van der Waals surface area contributed by atoms with Crippen LogP contribution in [0.25, 0.3) is 0 Å². The van der Waals surface area contributed by atoms with Gasteiger partial charge in [-0.05, 0) is 30.3 Å². The molecule has 1 aromatic carbocycles. The maximum atomic E-state index is 5.95. The lowest BCUT2D eigenvalue weighted by molar-refractivity contribution is 0.872. The van der Waals surface area contributed by atoms with Crippen LogP contribution < -0.4 is 10.6 Å². The van der Waals surface area contributed by atoms with Gasteiger partial charge in [-0.25, -0.2) is 0 Å². The molecule has 0 aliphatic rings. The third-order valence-corrected chi connectivity index (χ3v) is 3.00. The Balaban J connectivity index is 1.78. The molecule has 1 aromatic heterocycles. The van der Waals surface area contributed by atoms with Crippen LogP contribution in [0.1, 0.15) is 5.56 Å². The summed E-state index contributed by atoms with van der Waals surface area (Å²) in [4.78, 5) is 0. The molecular formula is C13H13ClN4S. The highest BCUT2D eigenvalue weighted by Gasteiger charge is 2.03. The maximum absolute atomic E-state index is 5.95. The van der Waals surface area contributed by atoms with Gasteiger partial charge in [-0.2, -0.15) is 5.10 Å². The molecule has 0 saturated carbocycles. The Labute approximate surface area is 122 Å². The van der Waals surface area contributed by atoms with Gasteiger partial charge in [0.15, 0.2) is 10.9 Å². The van der Waals surface area contributed by atoms with E-state index in [1.54, 1.807) is 6.07 Å². The Hall–Kier alpha value is -1.72. The average molecular weight is 293 g/mol. The van der Waals surface area contributed by atoms with E-state index in [0.717, 1.165) is 13.0 Å². The molecule has 0 unspecified atom stereocenters. The molecule has 2 aromatic rings. The van der Waals surface area contributed by atoms with Crippen molar-refractivity contribution in [2.75, 3.05) is 11.9 Å². The van der Waals surface area contributed by atoms with Crippen LogP contribution in [-0.4, -0.2) is 21.9 Å². The monoisotopic (exact) mass is 292 g/mol. The van der Waals surface area contributed by atoms with Gasteiger partial charge in [-0.1, -0.05) is 41.9 Å². The number of aromatic nitrogens is 2. The molecule has 2 rings (SSSR count). The van der Waals surface area contributed by atoms with E-state index < -0.39 is 0 Å². The first-order valence-electron chi connectivity index (χ1n) is 5.81. The maximum Gasteiger partial charge on any atom is 0.173 e. The van der Waals surface area contributed by atoms with Crippen molar-refractivity contribution in [1.29, 1.82) is 0 Å². The Bertz CT molecular complexity index is 547. The second kappa shape index (κ2) is 7.01. The van der Waals surface area contributed by atoms with Crippen molar-refractivity contribution in [2.24, 2.45) is 0 Å². The molecule has 1 heterocycles. The van der Waals surface area contributed by atoms with E-state index in [9.17, 15) is 0 Å². The first kappa shape index (κ1) is 13.7. The molecule has 0 fully saturated rings. The van der Waals surface area contributed by atoms with E-state index in [0.29, 0.717) is 16.0 Å². The van der Waals surface area contributed by atoms with Crippen molar-refractivity contribution in [3.63, 3.8) is 0 Å². The number of hydrogen-bond donors (Lipinski definition) is 2. The highest BCUT2D eigenvalue weighted by Crippen LogP contribution is 2.15. The van der Waals surface area contributed by atoms with Crippen molar-refractivity contribution in [3.05, 3.63) is 53.2 Å². The molecule has 0 atom stereocenters. The second-order valence-corrected chi connectivity index (χ2v) is 4.66. The average Bonchev–Trinajstić information content (AvgIpc) is 2.43. The topological polar surface area (TPSA) is 49.8 Å². The Morgan fingerprint density at radius 2 is 2.00 bits per heavy atom. The van der Waals surface area contributed by atoms with Gasteiger partial charge in [0.1, 0.15) is 0 Å². The summed E-state index contributed by atoms with van der Waals surface area (Å²) in [7, 11) is 0. The zero-order chi connectivity index (χ0) is 13.5. The number of hydrogen-bond acceptors (Lipinski definition) is 3. The highest BCUT2D eigenvalue weighted by atomic mass is 35.5. The Morgan fingerprint density at radius 1 is 1.21 bits per heavy atom. The summed E-state index contributed by atoms with van der Waals surface area (Å²) < 4.78 is 0. The molecule has 98 valence electrons. The van der Waals surface area contributed by atoms with E-state index in [1.165, 1.54) is 11.8 Å². The number of anilines is 1. The fourth-order valence-electron chi connectivity index (χ4n) is 1.52. The molecule has 6 heteroatoms. The van der Waals surface area contributed by atoms with Crippen molar-refractivity contribution in [2.45, 2.75) is 6.42 Å². The minimum absolute atomic E-state index is 0.460. The van der Waals surface area contributed by atoms with Gasteiger partial charge in [-0.3, -0.25) is 0 Å². The summed E-state index contributed by atoms with van der Waals surface area (Å²) in [6.45, 7) is 0.744. The molecule has 0 aliphatic carbocycles. The largest absolute Gasteiger partial charge is 0.362 e. The summed E-state index contributed by atoms with van der Waals surface area (Å²) in [5.41, 5.74) is 1.26. The van der Waals surface area contributed by atoms with Crippen molar-refractivity contribution in [1.82, 2.24) is 15.5 Å². The summed E-state index contributed by atoms with van der Waals surface area (Å²) in [6.07, 6.45) is 2.43. The lowest BCUT2D eigenvalue weighted by Crippen LogP contribution is -2.30. The van der Waals surface area contributed by atoms with E-state index in [-0.39, 0.29) is 0 Å². The molecule has 19 heavy (non-hydrogen) atoms. The lowest BCUT2D eigenvalue weighted by Gasteiger charge is -2.10. The van der Waals surface area contributed by atoms with Gasteiger partial charge >= 0.3 is 0 Å². The van der Waals surface area contributed by atoms with E-state index in [4.69, 9.17) is 23.8 Å². The summed E-state index contributed by atoms with van der Waals surface area (Å²) >= 11 is 11.1. The summed E-state index contributed by atoms with van der Waals surface area (Å²) in [6, 6.07) is 11.9. The Kier molecular flexibility index (Phi) is 5.06. The van der Waals surface area contributed by atoms with Crippen LogP contribution in [0, 0.1) is 0 Å². The molecule has 0 aliphatic heterocycles. The van der Waals surface area contributed by atoms with Crippen LogP contribution in [0.4, 0.5) is 5.82 Å². The van der Waals surface area contributed by atoms with Gasteiger partial charge in [-0.15, -0.1) is 5.10 Å². The number of benzene rings is 1. The van der Waals surface area contributed by atoms with Gasteiger partial charge in [0.2, 0.25) is 0 Å². The fourth-order valence-corrected chi connectivity index (χ4v) is 1.86. The van der Waals surface area contributed by atoms with E-state index >= 15 is 0 Å². The van der Waals surface area contributed by atoms with Crippen LogP contribution in [0.2, 0.25) is 5.02 Å². The lowest BCUT2D eigenvalue weighted by atomic mass is 10.1. The SMILES string of the molecule is S=C(NCCc1ccccc1)Nc1nnccc1Cl. The summed E-state index contributed by atoms with van der Waals surface area (Å²) in [5, 5.41) is 14.6. The molecule has 4 nitrogen and oxygen atoms in total. The predicted molar refractivity (Wildman–Crippen MR) is 81.4 cm³/mol. The summed E-state index contributed by atoms with van der Waals surface area (Å²) in [5.74, 6) is 0.460. The molecule has 0 amide bonds. The standard InChI is InChI=1S/C13H13ClN4S/c14-11-7-9-16-18-12(11)17-13(19)15-8-6-10-4-2-1-3-5-10/h1-5,7,9H,6,8H2,(H2,15,17,18,19). The predicted octanol–water partition coefficient (Wildman–Crippen LogP) is 2.66. The molecular weight excluding hydrogens is 280 g/mol. The zero-order valence-corrected chi connectivity index (χ0v) is 11.7. The van der Waals surface area contributed by atoms with Crippen LogP contribution in [0.5, 0.6) is 0 Å². The second-order valence-electron chi connectivity index (χ2n) is 3.84. The van der Waals surface area contributed by atoms with Crippen LogP contribution in [0.15, 0.2) is 42.6 Å². The first-order chi connectivity index (χ1) is 9.25. The number of rotatable bonds is 4. The normalized spacial score (nSPS) is 9.95. The molecule has 2 N–H and O–H groups in total.